The first-order valence-corrected chi connectivity index (χ1v) is 9.57. The van der Waals surface area contributed by atoms with Crippen molar-refractivity contribution >= 4 is 29.0 Å². The number of piperazine rings is 1. The zero-order valence-corrected chi connectivity index (χ0v) is 17.1. The Bertz CT molecular complexity index is 995. The summed E-state index contributed by atoms with van der Waals surface area (Å²) in [4.78, 5) is 30.0. The second-order valence-corrected chi connectivity index (χ2v) is 7.32. The number of pyridine rings is 1. The summed E-state index contributed by atoms with van der Waals surface area (Å²) in [6.45, 7) is 2.55. The lowest BCUT2D eigenvalue weighted by Gasteiger charge is -2.35. The van der Waals surface area contributed by atoms with Crippen molar-refractivity contribution in [1.29, 1.82) is 0 Å². The van der Waals surface area contributed by atoms with E-state index in [1.807, 2.05) is 0 Å². The van der Waals surface area contributed by atoms with E-state index in [0.29, 0.717) is 13.1 Å². The molecular formula is C19H18ClF3N4O4. The van der Waals surface area contributed by atoms with E-state index in [-0.39, 0.29) is 47.9 Å². The molecule has 0 radical (unpaired) electrons. The van der Waals surface area contributed by atoms with Crippen LogP contribution in [0.3, 0.4) is 0 Å². The Morgan fingerprint density at radius 2 is 1.94 bits per heavy atom. The summed E-state index contributed by atoms with van der Waals surface area (Å²) in [5.41, 5.74) is -0.411. The molecule has 3 rings (SSSR count). The van der Waals surface area contributed by atoms with Crippen molar-refractivity contribution in [2.45, 2.75) is 13.1 Å². The van der Waals surface area contributed by atoms with Gasteiger partial charge in [-0.05, 0) is 24.6 Å². The van der Waals surface area contributed by atoms with Crippen molar-refractivity contribution in [3.05, 3.63) is 56.7 Å². The highest BCUT2D eigenvalue weighted by atomic mass is 35.5. The maximum atomic E-state index is 12.8. The fraction of sp³-hybridized carbons (Fsp3) is 0.368. The lowest BCUT2D eigenvalue weighted by molar-refractivity contribution is -0.385. The smallest absolute Gasteiger partial charge is 0.417 e. The molecule has 0 atom stereocenters. The molecule has 0 aliphatic carbocycles. The van der Waals surface area contributed by atoms with Gasteiger partial charge in [0.2, 0.25) is 0 Å². The Morgan fingerprint density at radius 1 is 1.26 bits per heavy atom. The number of aromatic nitrogens is 1. The second-order valence-electron chi connectivity index (χ2n) is 6.91. The number of alkyl halides is 3. The molecule has 1 fully saturated rings. The third-order valence-corrected chi connectivity index (χ3v) is 5.02. The summed E-state index contributed by atoms with van der Waals surface area (Å²) >= 11 is 5.98. The van der Waals surface area contributed by atoms with Gasteiger partial charge in [0.05, 0.1) is 15.5 Å². The number of nitro benzene ring substituents is 1. The largest absolute Gasteiger partial charge is 0.477 e. The number of ether oxygens (including phenoxy) is 1. The number of carbonyl (C=O) groups is 1. The number of nitrogens with zero attached hydrogens (tertiary/aromatic N) is 4. The molecule has 0 spiro atoms. The van der Waals surface area contributed by atoms with E-state index in [1.54, 1.807) is 17.9 Å². The number of amides is 1. The number of rotatable bonds is 5. The van der Waals surface area contributed by atoms with E-state index in [1.165, 1.54) is 17.0 Å². The van der Waals surface area contributed by atoms with Crippen molar-refractivity contribution in [1.82, 2.24) is 9.88 Å². The molecule has 1 aliphatic heterocycles. The number of nitro groups is 1. The highest BCUT2D eigenvalue weighted by Crippen LogP contribution is 2.34. The molecule has 12 heteroatoms. The molecule has 1 saturated heterocycles. The van der Waals surface area contributed by atoms with Gasteiger partial charge in [0.25, 0.3) is 5.91 Å². The molecule has 0 N–H and O–H groups in total. The third-order valence-electron chi connectivity index (χ3n) is 4.74. The van der Waals surface area contributed by atoms with Crippen molar-refractivity contribution in [2.75, 3.05) is 37.7 Å². The van der Waals surface area contributed by atoms with Crippen LogP contribution in [0.4, 0.5) is 24.7 Å². The van der Waals surface area contributed by atoms with E-state index in [0.717, 1.165) is 17.8 Å². The molecule has 0 unspecified atom stereocenters. The first-order chi connectivity index (χ1) is 14.6. The standard InChI is InChI=1S/C19H18ClF3N4O4/c1-12-2-3-15(27(29)30)16(8-12)31-11-17(28)25-4-6-26(7-5-25)18-14(20)9-13(10-24-18)19(21,22)23/h2-3,8-10H,4-7,11H2,1H3. The summed E-state index contributed by atoms with van der Waals surface area (Å²) in [6, 6.07) is 5.20. The van der Waals surface area contributed by atoms with E-state index >= 15 is 0 Å². The van der Waals surface area contributed by atoms with Gasteiger partial charge in [0.15, 0.2) is 12.4 Å². The molecule has 2 heterocycles. The number of hydrogen-bond acceptors (Lipinski definition) is 6. The molecule has 1 amide bonds. The number of hydrogen-bond donors (Lipinski definition) is 0. The van der Waals surface area contributed by atoms with Crippen LogP contribution in [0.15, 0.2) is 30.5 Å². The molecule has 0 bridgehead atoms. The maximum Gasteiger partial charge on any atom is 0.417 e. The lowest BCUT2D eigenvalue weighted by Crippen LogP contribution is -2.50. The molecular weight excluding hydrogens is 441 g/mol. The van der Waals surface area contributed by atoms with Crippen molar-refractivity contribution < 1.29 is 27.6 Å². The molecule has 1 aliphatic rings. The molecule has 1 aromatic carbocycles. The van der Waals surface area contributed by atoms with Crippen molar-refractivity contribution in [3.63, 3.8) is 0 Å². The number of aryl methyl sites for hydroxylation is 1. The number of halogens is 4. The highest BCUT2D eigenvalue weighted by molar-refractivity contribution is 6.33. The normalized spacial score (nSPS) is 14.5. The first kappa shape index (κ1) is 22.6. The Kier molecular flexibility index (Phi) is 6.54. The predicted octanol–water partition coefficient (Wildman–Crippen LogP) is 3.70. The summed E-state index contributed by atoms with van der Waals surface area (Å²) < 4.78 is 43.7. The Hall–Kier alpha value is -3.08. The number of carbonyl (C=O) groups excluding carboxylic acids is 1. The zero-order valence-electron chi connectivity index (χ0n) is 16.4. The summed E-state index contributed by atoms with van der Waals surface area (Å²) in [5.74, 6) is -0.131. The van der Waals surface area contributed by atoms with E-state index in [9.17, 15) is 28.1 Å². The average Bonchev–Trinajstić information content (AvgIpc) is 2.71. The van der Waals surface area contributed by atoms with E-state index in [4.69, 9.17) is 16.3 Å². The summed E-state index contributed by atoms with van der Waals surface area (Å²) in [7, 11) is 0. The van der Waals surface area contributed by atoms with Gasteiger partial charge in [0, 0.05) is 38.4 Å². The molecule has 8 nitrogen and oxygen atoms in total. The summed E-state index contributed by atoms with van der Waals surface area (Å²) in [6.07, 6.45) is -3.81. The van der Waals surface area contributed by atoms with Gasteiger partial charge in [-0.25, -0.2) is 4.98 Å². The van der Waals surface area contributed by atoms with Crippen LogP contribution < -0.4 is 9.64 Å². The number of anilines is 1. The van der Waals surface area contributed by atoms with Crippen molar-refractivity contribution in [2.24, 2.45) is 0 Å². The lowest BCUT2D eigenvalue weighted by atomic mass is 10.2. The van der Waals surface area contributed by atoms with Crippen LogP contribution in [-0.2, 0) is 11.0 Å². The Morgan fingerprint density at radius 3 is 2.52 bits per heavy atom. The van der Waals surface area contributed by atoms with E-state index < -0.39 is 16.7 Å². The van der Waals surface area contributed by atoms with E-state index in [2.05, 4.69) is 4.98 Å². The second kappa shape index (κ2) is 8.96. The van der Waals surface area contributed by atoms with Crippen molar-refractivity contribution in [3.8, 4) is 5.75 Å². The van der Waals surface area contributed by atoms with Crippen LogP contribution >= 0.6 is 11.6 Å². The quantitative estimate of drug-likeness (QED) is 0.501. The Labute approximate surface area is 180 Å². The summed E-state index contributed by atoms with van der Waals surface area (Å²) in [5, 5.41) is 11.0. The third kappa shape index (κ3) is 5.35. The topological polar surface area (TPSA) is 88.8 Å². The van der Waals surface area contributed by atoms with Gasteiger partial charge in [-0.2, -0.15) is 13.2 Å². The van der Waals surface area contributed by atoms with Crippen LogP contribution in [0.25, 0.3) is 0 Å². The van der Waals surface area contributed by atoms with Crippen LogP contribution in [0.5, 0.6) is 5.75 Å². The Balaban J connectivity index is 1.58. The fourth-order valence-electron chi connectivity index (χ4n) is 3.10. The average molecular weight is 459 g/mol. The van der Waals surface area contributed by atoms with Gasteiger partial charge in [-0.1, -0.05) is 17.7 Å². The molecule has 2 aromatic rings. The molecule has 1 aromatic heterocycles. The fourth-order valence-corrected chi connectivity index (χ4v) is 3.39. The van der Waals surface area contributed by atoms with Crippen LogP contribution in [-0.4, -0.2) is 53.5 Å². The van der Waals surface area contributed by atoms with Gasteiger partial charge < -0.3 is 14.5 Å². The van der Waals surface area contributed by atoms with Crippen LogP contribution in [0.1, 0.15) is 11.1 Å². The number of benzene rings is 1. The molecule has 166 valence electrons. The van der Waals surface area contributed by atoms with Gasteiger partial charge in [-0.15, -0.1) is 0 Å². The SMILES string of the molecule is Cc1ccc([N+](=O)[O-])c(OCC(=O)N2CCN(c3ncc(C(F)(F)F)cc3Cl)CC2)c1. The minimum atomic E-state index is -4.54. The minimum Gasteiger partial charge on any atom is -0.477 e. The maximum absolute atomic E-state index is 12.8. The van der Waals surface area contributed by atoms with Crippen LogP contribution in [0, 0.1) is 17.0 Å². The van der Waals surface area contributed by atoms with Gasteiger partial charge in [-0.3, -0.25) is 14.9 Å². The highest BCUT2D eigenvalue weighted by Gasteiger charge is 2.32. The molecule has 0 saturated carbocycles. The zero-order chi connectivity index (χ0) is 22.8. The van der Waals surface area contributed by atoms with Gasteiger partial charge >= 0.3 is 11.9 Å². The first-order valence-electron chi connectivity index (χ1n) is 9.19. The monoisotopic (exact) mass is 458 g/mol. The molecule has 31 heavy (non-hydrogen) atoms. The van der Waals surface area contributed by atoms with Crippen LogP contribution in [0.2, 0.25) is 5.02 Å². The van der Waals surface area contributed by atoms with Gasteiger partial charge in [0.1, 0.15) is 5.82 Å². The minimum absolute atomic E-state index is 0.0118. The predicted molar refractivity (Wildman–Crippen MR) is 106 cm³/mol.